The van der Waals surface area contributed by atoms with Crippen molar-refractivity contribution in [1.82, 2.24) is 20.1 Å². The van der Waals surface area contributed by atoms with E-state index in [1.165, 1.54) is 0 Å². The molecule has 0 spiro atoms. The maximum atomic E-state index is 12.4. The summed E-state index contributed by atoms with van der Waals surface area (Å²) in [6.07, 6.45) is 3.50. The minimum atomic E-state index is -0.312. The summed E-state index contributed by atoms with van der Waals surface area (Å²) in [5.74, 6) is 0.798. The Morgan fingerprint density at radius 1 is 1.14 bits per heavy atom. The number of pyridine rings is 1. The average Bonchev–Trinajstić information content (AvgIpc) is 3.25. The summed E-state index contributed by atoms with van der Waals surface area (Å²) in [6.45, 7) is 3.86. The number of anilines is 1. The monoisotopic (exact) mass is 395 g/mol. The number of aromatic nitrogens is 1. The molecular weight excluding hydrogens is 370 g/mol. The smallest absolute Gasteiger partial charge is 0.237 e. The number of likely N-dealkylation sites (tertiary alicyclic amines) is 1. The van der Waals surface area contributed by atoms with Crippen LogP contribution in [0.3, 0.4) is 0 Å². The molecule has 1 aromatic rings. The van der Waals surface area contributed by atoms with E-state index in [1.807, 2.05) is 11.0 Å². The predicted octanol–water partition coefficient (Wildman–Crippen LogP) is 0.0962. The molecule has 0 aromatic carbocycles. The second kappa shape index (κ2) is 9.85. The van der Waals surface area contributed by atoms with Crippen LogP contribution in [0.25, 0.3) is 0 Å². The molecule has 0 unspecified atom stereocenters. The van der Waals surface area contributed by atoms with Crippen molar-refractivity contribution < 1.29 is 9.59 Å². The number of carbonyl (C=O) groups excluding carboxylic acids is 2. The van der Waals surface area contributed by atoms with E-state index in [0.29, 0.717) is 51.3 Å². The van der Waals surface area contributed by atoms with Crippen LogP contribution in [0.5, 0.6) is 0 Å². The van der Waals surface area contributed by atoms with Crippen molar-refractivity contribution in [1.29, 1.82) is 10.5 Å². The molecule has 0 saturated carbocycles. The molecule has 9 nitrogen and oxygen atoms in total. The lowest BCUT2D eigenvalue weighted by Gasteiger charge is -2.35. The number of amides is 2. The van der Waals surface area contributed by atoms with Gasteiger partial charge in [-0.1, -0.05) is 0 Å². The molecule has 2 amide bonds. The zero-order valence-electron chi connectivity index (χ0n) is 16.4. The molecule has 0 bridgehead atoms. The molecule has 1 N–H and O–H groups in total. The maximum absolute atomic E-state index is 12.4. The van der Waals surface area contributed by atoms with Gasteiger partial charge in [0.15, 0.2) is 0 Å². The Kier molecular flexibility index (Phi) is 6.99. The number of hydrogen-bond acceptors (Lipinski definition) is 7. The summed E-state index contributed by atoms with van der Waals surface area (Å²) in [7, 11) is 0. The summed E-state index contributed by atoms with van der Waals surface area (Å²) in [5, 5.41) is 20.9. The molecule has 3 heterocycles. The van der Waals surface area contributed by atoms with E-state index in [9.17, 15) is 9.59 Å². The third kappa shape index (κ3) is 5.21. The van der Waals surface area contributed by atoms with Gasteiger partial charge in [0.1, 0.15) is 17.9 Å². The van der Waals surface area contributed by atoms with Crippen LogP contribution in [0.4, 0.5) is 5.82 Å². The van der Waals surface area contributed by atoms with Crippen LogP contribution in [-0.2, 0) is 9.59 Å². The Morgan fingerprint density at radius 3 is 2.59 bits per heavy atom. The van der Waals surface area contributed by atoms with Crippen LogP contribution in [0.1, 0.15) is 24.8 Å². The summed E-state index contributed by atoms with van der Waals surface area (Å²) in [4.78, 5) is 34.4. The number of nitrogens with zero attached hydrogens (tertiary/aromatic N) is 6. The zero-order valence-corrected chi connectivity index (χ0v) is 16.4. The molecule has 3 rings (SSSR count). The molecule has 0 aliphatic carbocycles. The summed E-state index contributed by atoms with van der Waals surface area (Å²) >= 11 is 0. The highest BCUT2D eigenvalue weighted by Gasteiger charge is 2.28. The van der Waals surface area contributed by atoms with E-state index < -0.39 is 0 Å². The Hall–Kier alpha value is -3.17. The van der Waals surface area contributed by atoms with Crippen molar-refractivity contribution in [3.63, 3.8) is 0 Å². The van der Waals surface area contributed by atoms with Crippen LogP contribution in [0.15, 0.2) is 18.3 Å². The molecule has 29 heavy (non-hydrogen) atoms. The topological polar surface area (TPSA) is 116 Å². The van der Waals surface area contributed by atoms with Gasteiger partial charge in [0.25, 0.3) is 0 Å². The van der Waals surface area contributed by atoms with Gasteiger partial charge < -0.3 is 20.0 Å². The van der Waals surface area contributed by atoms with Crippen LogP contribution in [-0.4, -0.2) is 78.5 Å². The molecule has 1 aromatic heterocycles. The zero-order chi connectivity index (χ0) is 20.6. The lowest BCUT2D eigenvalue weighted by molar-refractivity contribution is -0.132. The lowest BCUT2D eigenvalue weighted by Crippen LogP contribution is -2.49. The van der Waals surface area contributed by atoms with Gasteiger partial charge in [0.05, 0.1) is 18.2 Å². The first-order valence-corrected chi connectivity index (χ1v) is 9.91. The maximum Gasteiger partial charge on any atom is 0.237 e. The Labute approximate surface area is 170 Å². The average molecular weight is 395 g/mol. The number of nitriles is 2. The minimum absolute atomic E-state index is 0.0634. The van der Waals surface area contributed by atoms with Crippen LogP contribution in [0.2, 0.25) is 0 Å². The van der Waals surface area contributed by atoms with Gasteiger partial charge in [-0.25, -0.2) is 4.98 Å². The van der Waals surface area contributed by atoms with Crippen molar-refractivity contribution in [3.8, 4) is 12.1 Å². The third-order valence-electron chi connectivity index (χ3n) is 5.35. The Morgan fingerprint density at radius 2 is 1.93 bits per heavy atom. The second-order valence-electron chi connectivity index (χ2n) is 7.19. The van der Waals surface area contributed by atoms with Crippen molar-refractivity contribution in [3.05, 3.63) is 23.9 Å². The van der Waals surface area contributed by atoms with E-state index in [0.717, 1.165) is 18.7 Å². The Bertz CT molecular complexity index is 804. The Balaban J connectivity index is 1.35. The first-order valence-electron chi connectivity index (χ1n) is 9.91. The van der Waals surface area contributed by atoms with Gasteiger partial charge in [0.2, 0.25) is 11.8 Å². The summed E-state index contributed by atoms with van der Waals surface area (Å²) in [5.41, 5.74) is 0.529. The number of carbonyl (C=O) groups is 2. The molecule has 2 saturated heterocycles. The molecular formula is C20H25N7O2. The van der Waals surface area contributed by atoms with Gasteiger partial charge in [-0.3, -0.25) is 9.59 Å². The fourth-order valence-corrected chi connectivity index (χ4v) is 3.67. The van der Waals surface area contributed by atoms with Gasteiger partial charge in [-0.05, 0) is 25.0 Å². The summed E-state index contributed by atoms with van der Waals surface area (Å²) in [6, 6.07) is 7.47. The standard InChI is InChI=1S/C20H25N7O2/c21-12-16-3-4-18(24-14-16)25-8-10-26(11-9-25)19(28)5-6-23-15-20(29)27-7-1-2-17(27)13-22/h3-4,14,17,23H,1-2,5-11,15H2/t17-/m0/s1. The minimum Gasteiger partial charge on any atom is -0.353 e. The molecule has 2 fully saturated rings. The number of hydrogen-bond donors (Lipinski definition) is 1. The number of nitrogens with one attached hydrogen (secondary N) is 1. The van der Waals surface area contributed by atoms with Crippen molar-refractivity contribution in [2.45, 2.75) is 25.3 Å². The van der Waals surface area contributed by atoms with E-state index in [2.05, 4.69) is 27.3 Å². The molecule has 2 aliphatic heterocycles. The fraction of sp³-hybridized carbons (Fsp3) is 0.550. The van der Waals surface area contributed by atoms with E-state index in [4.69, 9.17) is 10.5 Å². The highest BCUT2D eigenvalue weighted by molar-refractivity contribution is 5.79. The van der Waals surface area contributed by atoms with Crippen molar-refractivity contribution >= 4 is 17.6 Å². The number of rotatable bonds is 6. The van der Waals surface area contributed by atoms with Gasteiger partial charge in [-0.2, -0.15) is 10.5 Å². The van der Waals surface area contributed by atoms with Crippen molar-refractivity contribution in [2.75, 3.05) is 50.7 Å². The van der Waals surface area contributed by atoms with Crippen molar-refractivity contribution in [2.24, 2.45) is 0 Å². The van der Waals surface area contributed by atoms with Gasteiger partial charge in [-0.15, -0.1) is 0 Å². The number of piperazine rings is 1. The van der Waals surface area contributed by atoms with E-state index in [1.54, 1.807) is 17.2 Å². The SMILES string of the molecule is N#Cc1ccc(N2CCN(C(=O)CCNCC(=O)N3CCC[C@H]3C#N)CC2)nc1. The molecule has 0 radical (unpaired) electrons. The molecule has 152 valence electrons. The second-order valence-corrected chi connectivity index (χ2v) is 7.19. The third-order valence-corrected chi connectivity index (χ3v) is 5.35. The first-order chi connectivity index (χ1) is 14.1. The highest BCUT2D eigenvalue weighted by atomic mass is 16.2. The van der Waals surface area contributed by atoms with Crippen LogP contribution in [0, 0.1) is 22.7 Å². The molecule has 2 aliphatic rings. The molecule has 9 heteroatoms. The first kappa shape index (κ1) is 20.6. The normalized spacial score (nSPS) is 19.0. The van der Waals surface area contributed by atoms with Crippen LogP contribution < -0.4 is 10.2 Å². The van der Waals surface area contributed by atoms with Gasteiger partial charge >= 0.3 is 0 Å². The largest absolute Gasteiger partial charge is 0.353 e. The fourth-order valence-electron chi connectivity index (χ4n) is 3.67. The highest BCUT2D eigenvalue weighted by Crippen LogP contribution is 2.16. The van der Waals surface area contributed by atoms with E-state index >= 15 is 0 Å². The quantitative estimate of drug-likeness (QED) is 0.679. The molecule has 1 atom stereocenters. The summed E-state index contributed by atoms with van der Waals surface area (Å²) < 4.78 is 0. The van der Waals surface area contributed by atoms with Crippen LogP contribution >= 0.6 is 0 Å². The lowest BCUT2D eigenvalue weighted by atomic mass is 10.2. The predicted molar refractivity (Wildman–Crippen MR) is 106 cm³/mol. The van der Waals surface area contributed by atoms with Gasteiger partial charge in [0, 0.05) is 51.9 Å². The van der Waals surface area contributed by atoms with E-state index in [-0.39, 0.29) is 24.4 Å².